The maximum absolute atomic E-state index is 12.3. The first-order chi connectivity index (χ1) is 12.2. The average Bonchev–Trinajstić information content (AvgIpc) is 2.66. The lowest BCUT2D eigenvalue weighted by Crippen LogP contribution is -2.49. The number of urea groups is 1. The molecule has 1 fully saturated rings. The Bertz CT molecular complexity index is 535. The van der Waals surface area contributed by atoms with Gasteiger partial charge in [-0.1, -0.05) is 38.5 Å². The van der Waals surface area contributed by atoms with Crippen molar-refractivity contribution < 1.29 is 9.53 Å². The minimum Gasteiger partial charge on any atom is -0.491 e. The van der Waals surface area contributed by atoms with Gasteiger partial charge in [-0.2, -0.15) is 0 Å². The Morgan fingerprint density at radius 1 is 1.32 bits per heavy atom. The van der Waals surface area contributed by atoms with Crippen molar-refractivity contribution in [3.05, 3.63) is 29.8 Å². The van der Waals surface area contributed by atoms with Gasteiger partial charge in [-0.05, 0) is 44.0 Å². The van der Waals surface area contributed by atoms with Gasteiger partial charge in [0.1, 0.15) is 12.4 Å². The van der Waals surface area contributed by atoms with Crippen LogP contribution in [0.4, 0.5) is 4.79 Å². The maximum atomic E-state index is 12.3. The Morgan fingerprint density at radius 3 is 2.88 bits per heavy atom. The van der Waals surface area contributed by atoms with E-state index in [9.17, 15) is 4.79 Å². The molecule has 2 amide bonds. The molecule has 0 saturated carbocycles. The summed E-state index contributed by atoms with van der Waals surface area (Å²) >= 11 is 0. The van der Waals surface area contributed by atoms with Crippen LogP contribution >= 0.6 is 0 Å². The molecule has 0 aliphatic carbocycles. The number of carbonyl (C=O) groups is 1. The summed E-state index contributed by atoms with van der Waals surface area (Å²) in [5.74, 6) is 0.916. The third kappa shape index (κ3) is 5.92. The number of piperidine rings is 1. The van der Waals surface area contributed by atoms with Crippen molar-refractivity contribution in [1.82, 2.24) is 15.1 Å². The molecule has 5 heteroatoms. The van der Waals surface area contributed by atoms with Crippen molar-refractivity contribution in [2.75, 3.05) is 39.8 Å². The molecule has 1 saturated heterocycles. The zero-order valence-electron chi connectivity index (χ0n) is 16.0. The molecule has 0 spiro atoms. The van der Waals surface area contributed by atoms with Crippen LogP contribution in [0.2, 0.25) is 0 Å². The second-order valence-corrected chi connectivity index (χ2v) is 6.70. The second kappa shape index (κ2) is 10.3. The van der Waals surface area contributed by atoms with E-state index in [-0.39, 0.29) is 6.03 Å². The van der Waals surface area contributed by atoms with Crippen LogP contribution in [0.25, 0.3) is 0 Å². The van der Waals surface area contributed by atoms with Crippen LogP contribution in [0, 0.1) is 0 Å². The van der Waals surface area contributed by atoms with Gasteiger partial charge in [-0.3, -0.25) is 4.90 Å². The lowest BCUT2D eigenvalue weighted by molar-refractivity contribution is 0.148. The summed E-state index contributed by atoms with van der Waals surface area (Å²) < 4.78 is 5.85. The Hall–Kier alpha value is -1.75. The van der Waals surface area contributed by atoms with Crippen molar-refractivity contribution >= 4 is 6.03 Å². The van der Waals surface area contributed by atoms with Crippen LogP contribution in [0.15, 0.2) is 24.3 Å². The first-order valence-corrected chi connectivity index (χ1v) is 9.59. The highest BCUT2D eigenvalue weighted by Gasteiger charge is 2.21. The summed E-state index contributed by atoms with van der Waals surface area (Å²) in [7, 11) is 1.82. The van der Waals surface area contributed by atoms with Crippen LogP contribution in [0.1, 0.15) is 38.7 Å². The largest absolute Gasteiger partial charge is 0.491 e. The molecule has 1 aromatic carbocycles. The molecule has 0 radical (unpaired) electrons. The molecule has 2 rings (SSSR count). The van der Waals surface area contributed by atoms with E-state index in [0.717, 1.165) is 31.8 Å². The van der Waals surface area contributed by atoms with Crippen molar-refractivity contribution in [3.8, 4) is 5.75 Å². The summed E-state index contributed by atoms with van der Waals surface area (Å²) in [6.07, 6.45) is 4.66. The van der Waals surface area contributed by atoms with Gasteiger partial charge in [0.05, 0.1) is 6.54 Å². The standard InChI is InChI=1S/C20H33N3O2/c1-4-17-10-6-7-12-19(17)25-15-14-22(3)20(24)21-16-18-11-8-9-13-23(18)5-2/h6-7,10,12,18H,4-5,8-9,11,13-16H2,1-3H3,(H,21,24)/t18-/m1/s1. The Balaban J connectivity index is 1.71. The minimum absolute atomic E-state index is 0.0194. The molecule has 0 unspecified atom stereocenters. The molecular formula is C20H33N3O2. The fraction of sp³-hybridized carbons (Fsp3) is 0.650. The van der Waals surface area contributed by atoms with Crippen LogP contribution in [0.5, 0.6) is 5.75 Å². The van der Waals surface area contributed by atoms with Crippen molar-refractivity contribution in [3.63, 3.8) is 0 Å². The summed E-state index contributed by atoms with van der Waals surface area (Å²) in [6, 6.07) is 8.53. The number of para-hydroxylation sites is 1. The quantitative estimate of drug-likeness (QED) is 0.786. The Labute approximate surface area is 152 Å². The van der Waals surface area contributed by atoms with E-state index in [1.807, 2.05) is 25.2 Å². The molecule has 1 N–H and O–H groups in total. The van der Waals surface area contributed by atoms with Gasteiger partial charge in [0.25, 0.3) is 0 Å². The van der Waals surface area contributed by atoms with Crippen LogP contribution in [-0.2, 0) is 6.42 Å². The van der Waals surface area contributed by atoms with E-state index in [0.29, 0.717) is 19.2 Å². The summed E-state index contributed by atoms with van der Waals surface area (Å²) in [6.45, 7) is 8.33. The highest BCUT2D eigenvalue weighted by Crippen LogP contribution is 2.18. The first kappa shape index (κ1) is 19.6. The number of nitrogens with zero attached hydrogens (tertiary/aromatic N) is 2. The minimum atomic E-state index is -0.0194. The zero-order chi connectivity index (χ0) is 18.1. The van der Waals surface area contributed by atoms with Gasteiger partial charge in [-0.15, -0.1) is 0 Å². The van der Waals surface area contributed by atoms with Crippen LogP contribution in [-0.4, -0.2) is 61.7 Å². The zero-order valence-corrected chi connectivity index (χ0v) is 16.0. The molecule has 1 aliphatic heterocycles. The number of hydrogen-bond acceptors (Lipinski definition) is 3. The number of amides is 2. The van der Waals surface area contributed by atoms with Gasteiger partial charge in [0.15, 0.2) is 0 Å². The second-order valence-electron chi connectivity index (χ2n) is 6.70. The highest BCUT2D eigenvalue weighted by molar-refractivity contribution is 5.73. The third-order valence-corrected chi connectivity index (χ3v) is 5.03. The van der Waals surface area contributed by atoms with Crippen molar-refractivity contribution in [2.45, 2.75) is 45.6 Å². The number of benzene rings is 1. The van der Waals surface area contributed by atoms with Gasteiger partial charge in [-0.25, -0.2) is 4.79 Å². The number of rotatable bonds is 8. The molecule has 0 bridgehead atoms. The molecule has 1 aliphatic rings. The predicted molar refractivity (Wildman–Crippen MR) is 102 cm³/mol. The van der Waals surface area contributed by atoms with Gasteiger partial charge in [0, 0.05) is 19.6 Å². The molecule has 1 heterocycles. The van der Waals surface area contributed by atoms with Crippen molar-refractivity contribution in [2.24, 2.45) is 0 Å². The Kier molecular flexibility index (Phi) is 8.06. The lowest BCUT2D eigenvalue weighted by Gasteiger charge is -2.35. The molecule has 1 aromatic rings. The van der Waals surface area contributed by atoms with E-state index in [1.165, 1.54) is 24.8 Å². The van der Waals surface area contributed by atoms with Gasteiger partial charge >= 0.3 is 6.03 Å². The maximum Gasteiger partial charge on any atom is 0.317 e. The number of aryl methyl sites for hydroxylation is 1. The fourth-order valence-corrected chi connectivity index (χ4v) is 3.38. The molecular weight excluding hydrogens is 314 g/mol. The lowest BCUT2D eigenvalue weighted by atomic mass is 10.0. The monoisotopic (exact) mass is 347 g/mol. The molecule has 140 valence electrons. The smallest absolute Gasteiger partial charge is 0.317 e. The topological polar surface area (TPSA) is 44.8 Å². The highest BCUT2D eigenvalue weighted by atomic mass is 16.5. The SMILES string of the molecule is CCc1ccccc1OCCN(C)C(=O)NC[C@H]1CCCCN1CC. The van der Waals surface area contributed by atoms with E-state index in [2.05, 4.69) is 30.1 Å². The number of likely N-dealkylation sites (N-methyl/N-ethyl adjacent to an activating group) is 2. The number of carbonyl (C=O) groups excluding carboxylic acids is 1. The van der Waals surface area contributed by atoms with Crippen LogP contribution < -0.4 is 10.1 Å². The number of hydrogen-bond donors (Lipinski definition) is 1. The number of ether oxygens (including phenoxy) is 1. The normalized spacial score (nSPS) is 18.0. The van der Waals surface area contributed by atoms with E-state index in [1.54, 1.807) is 4.90 Å². The van der Waals surface area contributed by atoms with E-state index < -0.39 is 0 Å². The number of likely N-dealkylation sites (tertiary alicyclic amines) is 1. The molecule has 0 aromatic heterocycles. The predicted octanol–water partition coefficient (Wildman–Crippen LogP) is 3.14. The molecule has 1 atom stereocenters. The van der Waals surface area contributed by atoms with Crippen molar-refractivity contribution in [1.29, 1.82) is 0 Å². The number of nitrogens with one attached hydrogen (secondary N) is 1. The van der Waals surface area contributed by atoms with Crippen LogP contribution in [0.3, 0.4) is 0 Å². The average molecular weight is 348 g/mol. The van der Waals surface area contributed by atoms with Gasteiger partial charge in [0.2, 0.25) is 0 Å². The van der Waals surface area contributed by atoms with E-state index >= 15 is 0 Å². The third-order valence-electron chi connectivity index (χ3n) is 5.03. The van der Waals surface area contributed by atoms with Gasteiger partial charge < -0.3 is 15.0 Å². The summed E-state index contributed by atoms with van der Waals surface area (Å²) in [5.41, 5.74) is 1.20. The molecule has 5 nitrogen and oxygen atoms in total. The Morgan fingerprint density at radius 2 is 2.12 bits per heavy atom. The summed E-state index contributed by atoms with van der Waals surface area (Å²) in [5, 5.41) is 3.08. The fourth-order valence-electron chi connectivity index (χ4n) is 3.38. The first-order valence-electron chi connectivity index (χ1n) is 9.59. The van der Waals surface area contributed by atoms with E-state index in [4.69, 9.17) is 4.74 Å². The molecule has 25 heavy (non-hydrogen) atoms. The summed E-state index contributed by atoms with van der Waals surface area (Å²) in [4.78, 5) is 16.5.